The smallest absolute Gasteiger partial charge is 0.167 e. The summed E-state index contributed by atoms with van der Waals surface area (Å²) in [6.45, 7) is 0. The predicted octanol–water partition coefficient (Wildman–Crippen LogP) is 0.737. The zero-order valence-electron chi connectivity index (χ0n) is 6.83. The predicted molar refractivity (Wildman–Crippen MR) is 45.5 cm³/mol. The molecule has 0 saturated carbocycles. The minimum atomic E-state index is 0.707. The van der Waals surface area contributed by atoms with Crippen LogP contribution in [0.25, 0.3) is 0 Å². The Labute approximate surface area is 75.6 Å². The molecule has 0 fully saturated rings. The summed E-state index contributed by atoms with van der Waals surface area (Å²) < 4.78 is 9.87. The normalized spacial score (nSPS) is 19.6. The first-order valence-electron chi connectivity index (χ1n) is 3.71. The zero-order chi connectivity index (χ0) is 9.10. The van der Waals surface area contributed by atoms with Gasteiger partial charge in [-0.25, -0.2) is 5.84 Å². The fourth-order valence-corrected chi connectivity index (χ4v) is 0.981. The lowest BCUT2D eigenvalue weighted by Gasteiger charge is -2.27. The molecule has 5 heteroatoms. The lowest BCUT2D eigenvalue weighted by molar-refractivity contribution is 0.266. The third kappa shape index (κ3) is 1.50. The van der Waals surface area contributed by atoms with Crippen LogP contribution in [0.4, 0.5) is 0 Å². The summed E-state index contributed by atoms with van der Waals surface area (Å²) in [5.74, 6) is 6.36. The molecule has 2 rings (SSSR count). The van der Waals surface area contributed by atoms with Crippen molar-refractivity contribution in [3.63, 3.8) is 0 Å². The van der Waals surface area contributed by atoms with Crippen LogP contribution in [-0.4, -0.2) is 9.91 Å². The maximum atomic E-state index is 5.66. The van der Waals surface area contributed by atoms with Gasteiger partial charge in [-0.05, 0) is 0 Å². The standard InChI is InChI=1S/C8H9N3O2/c9-11-3-6-13-7-8(11)10-1-4-12-5-2-10/h1-7H,9H2. The number of hydrogen-bond acceptors (Lipinski definition) is 5. The van der Waals surface area contributed by atoms with Crippen molar-refractivity contribution in [2.75, 3.05) is 0 Å². The Kier molecular flexibility index (Phi) is 1.93. The Balaban J connectivity index is 2.15. The van der Waals surface area contributed by atoms with Crippen LogP contribution in [0.15, 0.2) is 49.5 Å². The van der Waals surface area contributed by atoms with Gasteiger partial charge in [-0.3, -0.25) is 5.01 Å². The van der Waals surface area contributed by atoms with E-state index in [4.69, 9.17) is 15.3 Å². The van der Waals surface area contributed by atoms with Gasteiger partial charge in [0.2, 0.25) is 0 Å². The molecule has 0 amide bonds. The molecule has 68 valence electrons. The van der Waals surface area contributed by atoms with Crippen LogP contribution in [0.1, 0.15) is 0 Å². The topological polar surface area (TPSA) is 51.0 Å². The summed E-state index contributed by atoms with van der Waals surface area (Å²) in [5.41, 5.74) is 0. The number of ether oxygens (including phenoxy) is 2. The molecule has 0 aromatic heterocycles. The Morgan fingerprint density at radius 1 is 1.00 bits per heavy atom. The number of nitrogens with two attached hydrogens (primary N) is 1. The Hall–Kier alpha value is -1.88. The highest BCUT2D eigenvalue weighted by Gasteiger charge is 2.12. The lowest BCUT2D eigenvalue weighted by Crippen LogP contribution is -2.33. The molecular formula is C8H9N3O2. The summed E-state index contributed by atoms with van der Waals surface area (Å²) in [7, 11) is 0. The van der Waals surface area contributed by atoms with Crippen LogP contribution in [0.2, 0.25) is 0 Å². The van der Waals surface area contributed by atoms with E-state index in [9.17, 15) is 0 Å². The van der Waals surface area contributed by atoms with Crippen molar-refractivity contribution >= 4 is 0 Å². The maximum Gasteiger partial charge on any atom is 0.167 e. The molecule has 2 heterocycles. The SMILES string of the molecule is NN1C=COC=C1N1C=COC=C1. The van der Waals surface area contributed by atoms with Gasteiger partial charge in [0.1, 0.15) is 25.0 Å². The Morgan fingerprint density at radius 2 is 1.69 bits per heavy atom. The second kappa shape index (κ2) is 3.24. The number of hydrazine groups is 1. The summed E-state index contributed by atoms with van der Waals surface area (Å²) in [6, 6.07) is 0. The summed E-state index contributed by atoms with van der Waals surface area (Å²) in [6.07, 6.45) is 11.2. The molecule has 0 radical (unpaired) electrons. The van der Waals surface area contributed by atoms with Crippen molar-refractivity contribution < 1.29 is 9.47 Å². The van der Waals surface area contributed by atoms with Crippen molar-refractivity contribution in [2.24, 2.45) is 5.84 Å². The minimum Gasteiger partial charge on any atom is -0.470 e. The van der Waals surface area contributed by atoms with E-state index in [0.717, 1.165) is 0 Å². The first kappa shape index (κ1) is 7.75. The molecule has 13 heavy (non-hydrogen) atoms. The van der Waals surface area contributed by atoms with Crippen molar-refractivity contribution in [1.29, 1.82) is 0 Å². The van der Waals surface area contributed by atoms with Gasteiger partial charge in [0.05, 0.1) is 6.20 Å². The molecule has 2 aliphatic heterocycles. The van der Waals surface area contributed by atoms with Crippen molar-refractivity contribution in [2.45, 2.75) is 0 Å². The van der Waals surface area contributed by atoms with Gasteiger partial charge in [0.25, 0.3) is 0 Å². The molecule has 0 aliphatic carbocycles. The molecule has 0 bridgehead atoms. The van der Waals surface area contributed by atoms with E-state index >= 15 is 0 Å². The van der Waals surface area contributed by atoms with Gasteiger partial charge in [0, 0.05) is 12.4 Å². The third-order valence-electron chi connectivity index (χ3n) is 1.60. The van der Waals surface area contributed by atoms with Gasteiger partial charge < -0.3 is 14.4 Å². The first-order valence-corrected chi connectivity index (χ1v) is 3.71. The van der Waals surface area contributed by atoms with Gasteiger partial charge >= 0.3 is 0 Å². The lowest BCUT2D eigenvalue weighted by atomic mass is 10.5. The fraction of sp³-hybridized carbons (Fsp3) is 0. The molecule has 0 spiro atoms. The van der Waals surface area contributed by atoms with Crippen LogP contribution in [0.5, 0.6) is 0 Å². The van der Waals surface area contributed by atoms with Gasteiger partial charge in [-0.2, -0.15) is 0 Å². The average molecular weight is 179 g/mol. The van der Waals surface area contributed by atoms with Crippen LogP contribution in [0, 0.1) is 0 Å². The molecule has 0 aromatic rings. The van der Waals surface area contributed by atoms with E-state index in [2.05, 4.69) is 0 Å². The number of rotatable bonds is 1. The highest BCUT2D eigenvalue weighted by atomic mass is 16.5. The quantitative estimate of drug-likeness (QED) is 0.601. The average Bonchev–Trinajstić information content (AvgIpc) is 2.20. The molecule has 0 unspecified atom stereocenters. The monoisotopic (exact) mass is 179 g/mol. The van der Waals surface area contributed by atoms with E-state index in [1.807, 2.05) is 0 Å². The van der Waals surface area contributed by atoms with Crippen molar-refractivity contribution in [1.82, 2.24) is 9.91 Å². The van der Waals surface area contributed by atoms with Gasteiger partial charge in [-0.15, -0.1) is 0 Å². The summed E-state index contributed by atoms with van der Waals surface area (Å²) in [4.78, 5) is 1.77. The summed E-state index contributed by atoms with van der Waals surface area (Å²) >= 11 is 0. The molecule has 2 aliphatic rings. The van der Waals surface area contributed by atoms with Crippen molar-refractivity contribution in [3.8, 4) is 0 Å². The molecule has 0 aromatic carbocycles. The van der Waals surface area contributed by atoms with Crippen LogP contribution >= 0.6 is 0 Å². The van der Waals surface area contributed by atoms with E-state index in [1.165, 1.54) is 11.3 Å². The van der Waals surface area contributed by atoms with E-state index in [-0.39, 0.29) is 0 Å². The highest BCUT2D eigenvalue weighted by Crippen LogP contribution is 2.15. The highest BCUT2D eigenvalue weighted by molar-refractivity contribution is 5.11. The second-order valence-electron chi connectivity index (χ2n) is 2.42. The van der Waals surface area contributed by atoms with Crippen LogP contribution in [-0.2, 0) is 9.47 Å². The van der Waals surface area contributed by atoms with Gasteiger partial charge in [0.15, 0.2) is 5.82 Å². The van der Waals surface area contributed by atoms with E-state index < -0.39 is 0 Å². The maximum absolute atomic E-state index is 5.66. The first-order chi connectivity index (χ1) is 6.38. The largest absolute Gasteiger partial charge is 0.470 e. The molecule has 0 atom stereocenters. The van der Waals surface area contributed by atoms with E-state index in [1.54, 1.807) is 42.3 Å². The number of nitrogens with zero attached hydrogens (tertiary/aromatic N) is 2. The fourth-order valence-electron chi connectivity index (χ4n) is 0.981. The molecule has 0 saturated heterocycles. The molecule has 2 N–H and O–H groups in total. The molecular weight excluding hydrogens is 170 g/mol. The van der Waals surface area contributed by atoms with Crippen molar-refractivity contribution in [3.05, 3.63) is 49.5 Å². The minimum absolute atomic E-state index is 0.707. The summed E-state index contributed by atoms with van der Waals surface area (Å²) in [5, 5.41) is 1.45. The third-order valence-corrected chi connectivity index (χ3v) is 1.60. The Morgan fingerprint density at radius 3 is 2.38 bits per heavy atom. The van der Waals surface area contributed by atoms with Crippen LogP contribution in [0.3, 0.4) is 0 Å². The number of hydrogen-bond donors (Lipinski definition) is 1. The van der Waals surface area contributed by atoms with Gasteiger partial charge in [-0.1, -0.05) is 0 Å². The van der Waals surface area contributed by atoms with Crippen LogP contribution < -0.4 is 5.84 Å². The van der Waals surface area contributed by atoms with E-state index in [0.29, 0.717) is 5.82 Å². The molecule has 5 nitrogen and oxygen atoms in total. The Bertz CT molecular complexity index is 295. The zero-order valence-corrected chi connectivity index (χ0v) is 6.83. The second-order valence-corrected chi connectivity index (χ2v) is 2.42.